The van der Waals surface area contributed by atoms with Crippen molar-refractivity contribution in [3.8, 4) is 11.5 Å². The molecule has 1 aliphatic rings. The summed E-state index contributed by atoms with van der Waals surface area (Å²) in [5.41, 5.74) is 1.45. The molecule has 0 bridgehead atoms. The van der Waals surface area contributed by atoms with Gasteiger partial charge in [0.2, 0.25) is 0 Å². The number of aryl methyl sites for hydroxylation is 1. The van der Waals surface area contributed by atoms with Crippen molar-refractivity contribution in [2.45, 2.75) is 26.4 Å². The molecule has 0 amide bonds. The molecule has 1 aromatic rings. The van der Waals surface area contributed by atoms with Crippen LogP contribution in [0.5, 0.6) is 11.5 Å². The maximum Gasteiger partial charge on any atom is 0.163 e. The summed E-state index contributed by atoms with van der Waals surface area (Å²) in [4.78, 5) is 2.04. The highest BCUT2D eigenvalue weighted by molar-refractivity contribution is 5.61. The molecule has 1 heterocycles. The molecule has 0 aliphatic carbocycles. The Bertz CT molecular complexity index is 437. The molecule has 100 valence electrons. The highest BCUT2D eigenvalue weighted by Crippen LogP contribution is 2.36. The SMILES string of the molecule is Cc1cc2c(cc1N(C)CC(C)(C)O)OCCO2. The molecule has 0 atom stereocenters. The minimum absolute atomic E-state index is 0.563. The molecule has 0 radical (unpaired) electrons. The zero-order valence-electron chi connectivity index (χ0n) is 11.5. The standard InChI is InChI=1S/C14H21NO3/c1-10-7-12-13(18-6-5-17-12)8-11(10)15(4)9-14(2,3)16/h7-8,16H,5-6,9H2,1-4H3. The minimum atomic E-state index is -0.728. The van der Waals surface area contributed by atoms with Crippen molar-refractivity contribution >= 4 is 5.69 Å². The van der Waals surface area contributed by atoms with E-state index in [-0.39, 0.29) is 0 Å². The normalized spacial score (nSPS) is 14.5. The van der Waals surface area contributed by atoms with E-state index in [2.05, 4.69) is 0 Å². The molecule has 4 heteroatoms. The first-order valence-corrected chi connectivity index (χ1v) is 6.20. The van der Waals surface area contributed by atoms with E-state index in [0.29, 0.717) is 19.8 Å². The van der Waals surface area contributed by atoms with Crippen LogP contribution in [0, 0.1) is 6.92 Å². The zero-order chi connectivity index (χ0) is 13.3. The summed E-state index contributed by atoms with van der Waals surface area (Å²) in [6.07, 6.45) is 0. The number of hydrogen-bond donors (Lipinski definition) is 1. The van der Waals surface area contributed by atoms with Gasteiger partial charge in [-0.05, 0) is 32.4 Å². The Morgan fingerprint density at radius 2 is 1.78 bits per heavy atom. The molecule has 0 saturated carbocycles. The quantitative estimate of drug-likeness (QED) is 0.892. The van der Waals surface area contributed by atoms with Gasteiger partial charge in [-0.25, -0.2) is 0 Å². The van der Waals surface area contributed by atoms with Crippen molar-refractivity contribution in [2.24, 2.45) is 0 Å². The summed E-state index contributed by atoms with van der Waals surface area (Å²) >= 11 is 0. The summed E-state index contributed by atoms with van der Waals surface area (Å²) in [7, 11) is 1.97. The molecule has 0 aromatic heterocycles. The third kappa shape index (κ3) is 2.88. The van der Waals surface area contributed by atoms with E-state index in [4.69, 9.17) is 9.47 Å². The third-order valence-corrected chi connectivity index (χ3v) is 2.90. The largest absolute Gasteiger partial charge is 0.486 e. The van der Waals surface area contributed by atoms with Crippen LogP contribution in [0.15, 0.2) is 12.1 Å². The first kappa shape index (κ1) is 13.0. The Morgan fingerprint density at radius 3 is 2.33 bits per heavy atom. The maximum atomic E-state index is 9.88. The van der Waals surface area contributed by atoms with Gasteiger partial charge in [-0.15, -0.1) is 0 Å². The molecule has 1 aliphatic heterocycles. The Hall–Kier alpha value is -1.42. The molecule has 1 N–H and O–H groups in total. The number of hydrogen-bond acceptors (Lipinski definition) is 4. The highest BCUT2D eigenvalue weighted by atomic mass is 16.6. The molecule has 0 spiro atoms. The van der Waals surface area contributed by atoms with Crippen LogP contribution in [-0.2, 0) is 0 Å². The van der Waals surface area contributed by atoms with Crippen LogP contribution < -0.4 is 14.4 Å². The Balaban J connectivity index is 2.27. The van der Waals surface area contributed by atoms with Gasteiger partial charge in [0.15, 0.2) is 11.5 Å². The molecule has 4 nitrogen and oxygen atoms in total. The van der Waals surface area contributed by atoms with Crippen molar-refractivity contribution in [3.05, 3.63) is 17.7 Å². The minimum Gasteiger partial charge on any atom is -0.486 e. The number of aliphatic hydroxyl groups is 1. The van der Waals surface area contributed by atoms with Crippen LogP contribution >= 0.6 is 0 Å². The zero-order valence-corrected chi connectivity index (χ0v) is 11.5. The topological polar surface area (TPSA) is 41.9 Å². The monoisotopic (exact) mass is 251 g/mol. The van der Waals surface area contributed by atoms with E-state index in [1.807, 2.05) is 31.0 Å². The lowest BCUT2D eigenvalue weighted by Crippen LogP contribution is -2.36. The second kappa shape index (κ2) is 4.69. The van der Waals surface area contributed by atoms with E-state index >= 15 is 0 Å². The molecule has 1 aromatic carbocycles. The van der Waals surface area contributed by atoms with Gasteiger partial charge in [0, 0.05) is 25.3 Å². The first-order valence-electron chi connectivity index (χ1n) is 6.20. The van der Waals surface area contributed by atoms with Gasteiger partial charge in [-0.2, -0.15) is 0 Å². The maximum absolute atomic E-state index is 9.88. The second-order valence-corrected chi connectivity index (χ2v) is 5.45. The summed E-state index contributed by atoms with van der Waals surface area (Å²) < 4.78 is 11.1. The van der Waals surface area contributed by atoms with Gasteiger partial charge in [0.1, 0.15) is 13.2 Å². The number of rotatable bonds is 3. The van der Waals surface area contributed by atoms with E-state index in [1.165, 1.54) is 0 Å². The van der Waals surface area contributed by atoms with Crippen molar-refractivity contribution in [1.82, 2.24) is 0 Å². The number of fused-ring (bicyclic) bond motifs is 1. The number of ether oxygens (including phenoxy) is 2. The van der Waals surface area contributed by atoms with Crippen molar-refractivity contribution in [2.75, 3.05) is 31.7 Å². The third-order valence-electron chi connectivity index (χ3n) is 2.90. The molecule has 0 fully saturated rings. The van der Waals surface area contributed by atoms with Crippen LogP contribution in [0.1, 0.15) is 19.4 Å². The Morgan fingerprint density at radius 1 is 1.22 bits per heavy atom. The van der Waals surface area contributed by atoms with E-state index in [1.54, 1.807) is 13.8 Å². The van der Waals surface area contributed by atoms with Gasteiger partial charge in [-0.1, -0.05) is 0 Å². The van der Waals surface area contributed by atoms with E-state index in [0.717, 1.165) is 22.7 Å². The van der Waals surface area contributed by atoms with E-state index < -0.39 is 5.60 Å². The predicted molar refractivity (Wildman–Crippen MR) is 71.7 cm³/mol. The fraction of sp³-hybridized carbons (Fsp3) is 0.571. The van der Waals surface area contributed by atoms with Gasteiger partial charge in [-0.3, -0.25) is 0 Å². The highest BCUT2D eigenvalue weighted by Gasteiger charge is 2.20. The molecule has 2 rings (SSSR count). The smallest absolute Gasteiger partial charge is 0.163 e. The first-order chi connectivity index (χ1) is 8.37. The fourth-order valence-electron chi connectivity index (χ4n) is 2.26. The van der Waals surface area contributed by atoms with Crippen molar-refractivity contribution in [3.63, 3.8) is 0 Å². The summed E-state index contributed by atoms with van der Waals surface area (Å²) in [6.45, 7) is 7.39. The van der Waals surface area contributed by atoms with Gasteiger partial charge >= 0.3 is 0 Å². The van der Waals surface area contributed by atoms with Gasteiger partial charge in [0.05, 0.1) is 5.60 Å². The number of benzene rings is 1. The molecule has 0 saturated heterocycles. The number of likely N-dealkylation sites (N-methyl/N-ethyl adjacent to an activating group) is 1. The molecular formula is C14H21NO3. The Labute approximate surface area is 108 Å². The molecular weight excluding hydrogens is 230 g/mol. The van der Waals surface area contributed by atoms with Crippen LogP contribution in [0.25, 0.3) is 0 Å². The fourth-order valence-corrected chi connectivity index (χ4v) is 2.26. The van der Waals surface area contributed by atoms with Crippen LogP contribution in [0.4, 0.5) is 5.69 Å². The van der Waals surface area contributed by atoms with Crippen LogP contribution in [0.3, 0.4) is 0 Å². The number of nitrogens with zero attached hydrogens (tertiary/aromatic N) is 1. The van der Waals surface area contributed by atoms with Gasteiger partial charge < -0.3 is 19.5 Å². The van der Waals surface area contributed by atoms with Crippen LogP contribution in [0.2, 0.25) is 0 Å². The van der Waals surface area contributed by atoms with Crippen molar-refractivity contribution in [1.29, 1.82) is 0 Å². The number of anilines is 1. The predicted octanol–water partition coefficient (Wildman–Crippen LogP) is 1.97. The lowest BCUT2D eigenvalue weighted by molar-refractivity contribution is 0.0885. The second-order valence-electron chi connectivity index (χ2n) is 5.45. The van der Waals surface area contributed by atoms with Crippen molar-refractivity contribution < 1.29 is 14.6 Å². The molecule has 0 unspecified atom stereocenters. The van der Waals surface area contributed by atoms with E-state index in [9.17, 15) is 5.11 Å². The average molecular weight is 251 g/mol. The lowest BCUT2D eigenvalue weighted by atomic mass is 10.1. The molecule has 18 heavy (non-hydrogen) atoms. The average Bonchev–Trinajstić information content (AvgIpc) is 2.25. The van der Waals surface area contributed by atoms with Crippen LogP contribution in [-0.4, -0.2) is 37.5 Å². The summed E-state index contributed by atoms with van der Waals surface area (Å²) in [5, 5.41) is 9.88. The Kier molecular flexibility index (Phi) is 3.39. The lowest BCUT2D eigenvalue weighted by Gasteiger charge is -2.29. The summed E-state index contributed by atoms with van der Waals surface area (Å²) in [6, 6.07) is 3.97. The summed E-state index contributed by atoms with van der Waals surface area (Å²) in [5.74, 6) is 1.59. The van der Waals surface area contributed by atoms with Gasteiger partial charge in [0.25, 0.3) is 0 Å².